The second kappa shape index (κ2) is 4.63. The lowest BCUT2D eigenvalue weighted by Crippen LogP contribution is -2.16. The largest absolute Gasteiger partial charge is 0.508 e. The average Bonchev–Trinajstić information content (AvgIpc) is 2.11. The van der Waals surface area contributed by atoms with Gasteiger partial charge in [-0.2, -0.15) is 0 Å². The predicted molar refractivity (Wildman–Crippen MR) is 59.7 cm³/mol. The van der Waals surface area contributed by atoms with Gasteiger partial charge in [-0.1, -0.05) is 15.9 Å². The molecule has 0 heterocycles. The maximum absolute atomic E-state index is 10.5. The van der Waals surface area contributed by atoms with Gasteiger partial charge in [0.05, 0.1) is 6.42 Å². The van der Waals surface area contributed by atoms with Gasteiger partial charge in [0.25, 0.3) is 0 Å². The highest BCUT2D eigenvalue weighted by atomic mass is 79.9. The van der Waals surface area contributed by atoms with Crippen LogP contribution in [0, 0.1) is 6.92 Å². The fourth-order valence-corrected chi connectivity index (χ4v) is 1.79. The van der Waals surface area contributed by atoms with Crippen LogP contribution >= 0.6 is 15.9 Å². The summed E-state index contributed by atoms with van der Waals surface area (Å²) < 4.78 is 0.802. The van der Waals surface area contributed by atoms with Crippen molar-refractivity contribution in [1.82, 2.24) is 0 Å². The number of halogens is 1. The number of aromatic hydroxyl groups is 1. The van der Waals surface area contributed by atoms with Gasteiger partial charge in [0.15, 0.2) is 0 Å². The minimum Gasteiger partial charge on any atom is -0.508 e. The SMILES string of the molecule is Cc1c(Br)ccc(O)c1C(N)CC(=O)O. The van der Waals surface area contributed by atoms with Crippen LogP contribution in [0.5, 0.6) is 5.75 Å². The Morgan fingerprint density at radius 2 is 2.20 bits per heavy atom. The zero-order valence-corrected chi connectivity index (χ0v) is 9.78. The molecule has 0 bridgehead atoms. The molecule has 0 radical (unpaired) electrons. The summed E-state index contributed by atoms with van der Waals surface area (Å²) in [5, 5.41) is 18.2. The molecule has 1 rings (SSSR count). The van der Waals surface area contributed by atoms with Crippen molar-refractivity contribution in [3.8, 4) is 5.75 Å². The lowest BCUT2D eigenvalue weighted by atomic mass is 9.98. The number of rotatable bonds is 3. The van der Waals surface area contributed by atoms with Gasteiger partial charge in [-0.3, -0.25) is 4.79 Å². The number of hydrogen-bond acceptors (Lipinski definition) is 3. The molecule has 82 valence electrons. The van der Waals surface area contributed by atoms with Crippen LogP contribution in [0.1, 0.15) is 23.6 Å². The number of phenols is 1. The topological polar surface area (TPSA) is 83.5 Å². The highest BCUT2D eigenvalue weighted by molar-refractivity contribution is 9.10. The molecule has 0 fully saturated rings. The number of benzene rings is 1. The normalized spacial score (nSPS) is 12.5. The summed E-state index contributed by atoms with van der Waals surface area (Å²) in [7, 11) is 0. The zero-order chi connectivity index (χ0) is 11.6. The third-order valence-corrected chi connectivity index (χ3v) is 3.05. The van der Waals surface area contributed by atoms with Crippen LogP contribution in [-0.4, -0.2) is 16.2 Å². The molecule has 1 atom stereocenters. The van der Waals surface area contributed by atoms with E-state index >= 15 is 0 Å². The van der Waals surface area contributed by atoms with Crippen molar-refractivity contribution in [3.05, 3.63) is 27.7 Å². The van der Waals surface area contributed by atoms with Crippen LogP contribution in [0.3, 0.4) is 0 Å². The van der Waals surface area contributed by atoms with E-state index in [4.69, 9.17) is 10.8 Å². The molecule has 0 spiro atoms. The summed E-state index contributed by atoms with van der Waals surface area (Å²) in [6, 6.07) is 2.50. The first kappa shape index (κ1) is 12.0. The summed E-state index contributed by atoms with van der Waals surface area (Å²) >= 11 is 3.30. The van der Waals surface area contributed by atoms with Crippen molar-refractivity contribution in [3.63, 3.8) is 0 Å². The van der Waals surface area contributed by atoms with Gasteiger partial charge in [0.2, 0.25) is 0 Å². The fraction of sp³-hybridized carbons (Fsp3) is 0.300. The third-order valence-electron chi connectivity index (χ3n) is 2.19. The minimum absolute atomic E-state index is 0.0319. The first-order valence-corrected chi connectivity index (χ1v) is 5.18. The number of carboxylic acids is 1. The van der Waals surface area contributed by atoms with Crippen molar-refractivity contribution in [2.45, 2.75) is 19.4 Å². The average molecular weight is 274 g/mol. The van der Waals surface area contributed by atoms with E-state index in [0.29, 0.717) is 5.56 Å². The monoisotopic (exact) mass is 273 g/mol. The fourth-order valence-electron chi connectivity index (χ4n) is 1.45. The first-order chi connectivity index (χ1) is 6.93. The lowest BCUT2D eigenvalue weighted by Gasteiger charge is -2.15. The van der Waals surface area contributed by atoms with Crippen molar-refractivity contribution in [2.24, 2.45) is 5.73 Å². The van der Waals surface area contributed by atoms with E-state index in [2.05, 4.69) is 15.9 Å². The van der Waals surface area contributed by atoms with Crippen molar-refractivity contribution in [2.75, 3.05) is 0 Å². The number of nitrogens with two attached hydrogens (primary N) is 1. The molecular weight excluding hydrogens is 262 g/mol. The summed E-state index contributed by atoms with van der Waals surface area (Å²) in [5.41, 5.74) is 6.95. The summed E-state index contributed by atoms with van der Waals surface area (Å²) in [4.78, 5) is 10.5. The molecule has 4 N–H and O–H groups in total. The molecule has 1 aromatic carbocycles. The Bertz CT molecular complexity index is 392. The summed E-state index contributed by atoms with van der Waals surface area (Å²) in [5.74, 6) is -0.953. The van der Waals surface area contributed by atoms with E-state index < -0.39 is 12.0 Å². The first-order valence-electron chi connectivity index (χ1n) is 4.38. The van der Waals surface area contributed by atoms with Crippen molar-refractivity contribution < 1.29 is 15.0 Å². The number of phenolic OH excluding ortho intramolecular Hbond substituents is 1. The quantitative estimate of drug-likeness (QED) is 0.786. The van der Waals surface area contributed by atoms with Crippen LogP contribution in [0.15, 0.2) is 16.6 Å². The molecule has 15 heavy (non-hydrogen) atoms. The number of carbonyl (C=O) groups is 1. The second-order valence-electron chi connectivity index (χ2n) is 3.31. The summed E-state index contributed by atoms with van der Waals surface area (Å²) in [6.45, 7) is 1.78. The Balaban J connectivity index is 3.12. The molecule has 0 aliphatic carbocycles. The molecule has 0 aliphatic heterocycles. The van der Waals surface area contributed by atoms with Crippen molar-refractivity contribution in [1.29, 1.82) is 0 Å². The Morgan fingerprint density at radius 1 is 1.60 bits per heavy atom. The smallest absolute Gasteiger partial charge is 0.305 e. The number of aliphatic carboxylic acids is 1. The highest BCUT2D eigenvalue weighted by Crippen LogP contribution is 2.32. The lowest BCUT2D eigenvalue weighted by molar-refractivity contribution is -0.137. The van der Waals surface area contributed by atoms with E-state index in [1.165, 1.54) is 6.07 Å². The van der Waals surface area contributed by atoms with Crippen LogP contribution < -0.4 is 5.73 Å². The van der Waals surface area contributed by atoms with Gasteiger partial charge in [0.1, 0.15) is 5.75 Å². The van der Waals surface area contributed by atoms with Crippen molar-refractivity contribution >= 4 is 21.9 Å². The Morgan fingerprint density at radius 3 is 2.73 bits per heavy atom. The van der Waals surface area contributed by atoms with E-state index in [9.17, 15) is 9.90 Å². The van der Waals surface area contributed by atoms with Crippen LogP contribution in [0.4, 0.5) is 0 Å². The molecule has 0 saturated heterocycles. The number of carboxylic acid groups (broad SMARTS) is 1. The van der Waals surface area contributed by atoms with Crippen LogP contribution in [0.2, 0.25) is 0 Å². The Labute approximate surface area is 95.8 Å². The standard InChI is InChI=1S/C10H12BrNO3/c1-5-6(11)2-3-8(13)10(5)7(12)4-9(14)15/h2-3,7,13H,4,12H2,1H3,(H,14,15). The number of hydrogen-bond donors (Lipinski definition) is 3. The maximum Gasteiger partial charge on any atom is 0.305 e. The molecule has 1 aromatic rings. The molecule has 4 nitrogen and oxygen atoms in total. The highest BCUT2D eigenvalue weighted by Gasteiger charge is 2.18. The molecule has 0 amide bonds. The zero-order valence-electron chi connectivity index (χ0n) is 8.20. The minimum atomic E-state index is -0.985. The molecule has 0 aliphatic rings. The van der Waals surface area contributed by atoms with Gasteiger partial charge in [-0.25, -0.2) is 0 Å². The maximum atomic E-state index is 10.5. The Kier molecular flexibility index (Phi) is 3.71. The van der Waals surface area contributed by atoms with Crippen LogP contribution in [0.25, 0.3) is 0 Å². The van der Waals surface area contributed by atoms with Gasteiger partial charge >= 0.3 is 5.97 Å². The van der Waals surface area contributed by atoms with Gasteiger partial charge in [0, 0.05) is 16.1 Å². The second-order valence-corrected chi connectivity index (χ2v) is 4.16. The third kappa shape index (κ3) is 2.70. The summed E-state index contributed by atoms with van der Waals surface area (Å²) in [6.07, 6.45) is -0.204. The van der Waals surface area contributed by atoms with Gasteiger partial charge < -0.3 is 15.9 Å². The molecule has 0 aromatic heterocycles. The predicted octanol–water partition coefficient (Wildman–Crippen LogP) is 1.94. The Hall–Kier alpha value is -1.07. The van der Waals surface area contributed by atoms with Gasteiger partial charge in [-0.05, 0) is 24.6 Å². The molecule has 0 saturated carbocycles. The van der Waals surface area contributed by atoms with Gasteiger partial charge in [-0.15, -0.1) is 0 Å². The van der Waals surface area contributed by atoms with Crippen LogP contribution in [-0.2, 0) is 4.79 Å². The van der Waals surface area contributed by atoms with E-state index in [1.807, 2.05) is 0 Å². The van der Waals surface area contributed by atoms with E-state index in [-0.39, 0.29) is 12.2 Å². The molecular formula is C10H12BrNO3. The van der Waals surface area contributed by atoms with E-state index in [0.717, 1.165) is 10.0 Å². The van der Waals surface area contributed by atoms with E-state index in [1.54, 1.807) is 13.0 Å². The molecule has 5 heteroatoms. The molecule has 1 unspecified atom stereocenters.